The third-order valence-electron chi connectivity index (χ3n) is 9.44. The van der Waals surface area contributed by atoms with E-state index in [1.54, 1.807) is 20.8 Å². The van der Waals surface area contributed by atoms with Gasteiger partial charge >= 0.3 is 29.8 Å². The molecule has 2 aliphatic carbocycles. The van der Waals surface area contributed by atoms with E-state index in [1.165, 1.54) is 26.8 Å². The van der Waals surface area contributed by atoms with Crippen LogP contribution in [0.2, 0.25) is 0 Å². The molecule has 1 saturated heterocycles. The first-order valence-corrected chi connectivity index (χ1v) is 16.1. The van der Waals surface area contributed by atoms with Crippen molar-refractivity contribution in [2.75, 3.05) is 0 Å². The van der Waals surface area contributed by atoms with Gasteiger partial charge in [-0.15, -0.1) is 0 Å². The lowest BCUT2D eigenvalue weighted by Gasteiger charge is -2.41. The van der Waals surface area contributed by atoms with E-state index in [-0.39, 0.29) is 35.3 Å². The maximum Gasteiger partial charge on any atom is 0.341 e. The highest BCUT2D eigenvalue weighted by Crippen LogP contribution is 2.57. The zero-order valence-electron chi connectivity index (χ0n) is 28.5. The smallest absolute Gasteiger partial charge is 0.341 e. The number of hydrogen-bond donors (Lipinski definition) is 2. The van der Waals surface area contributed by atoms with Crippen LogP contribution in [0.25, 0.3) is 0 Å². The van der Waals surface area contributed by atoms with Crippen LogP contribution in [-0.2, 0) is 52.5 Å². The molecule has 0 aromatic heterocycles. The summed E-state index contributed by atoms with van der Waals surface area (Å²) in [6.07, 6.45) is -2.55. The summed E-state index contributed by atoms with van der Waals surface area (Å²) >= 11 is 0. The summed E-state index contributed by atoms with van der Waals surface area (Å²) in [6.45, 7) is 11.6. The predicted molar refractivity (Wildman–Crippen MR) is 164 cm³/mol. The Morgan fingerprint density at radius 1 is 0.936 bits per heavy atom. The Morgan fingerprint density at radius 3 is 2.13 bits per heavy atom. The lowest BCUT2D eigenvalue weighted by Crippen LogP contribution is -2.64. The Labute approximate surface area is 275 Å². The number of aliphatic hydroxyl groups is 2. The highest BCUT2D eigenvalue weighted by atomic mass is 16.6. The van der Waals surface area contributed by atoms with Crippen LogP contribution in [0.4, 0.5) is 0 Å². The van der Waals surface area contributed by atoms with Crippen LogP contribution in [0.15, 0.2) is 22.8 Å². The fraction of sp³-hybridized carbons (Fsp3) is 0.706. The van der Waals surface area contributed by atoms with Crippen molar-refractivity contribution >= 4 is 35.6 Å². The van der Waals surface area contributed by atoms with E-state index in [1.807, 2.05) is 0 Å². The van der Waals surface area contributed by atoms with Crippen molar-refractivity contribution in [1.82, 2.24) is 0 Å². The molecule has 3 rings (SSSR count). The summed E-state index contributed by atoms with van der Waals surface area (Å²) < 4.78 is 29.2. The Morgan fingerprint density at radius 2 is 1.55 bits per heavy atom. The van der Waals surface area contributed by atoms with Crippen molar-refractivity contribution in [3.8, 4) is 0 Å². The number of rotatable bonds is 13. The highest BCUT2D eigenvalue weighted by Gasteiger charge is 2.76. The van der Waals surface area contributed by atoms with E-state index in [0.717, 1.165) is 13.8 Å². The second-order valence-electron chi connectivity index (χ2n) is 13.2. The zero-order chi connectivity index (χ0) is 35.5. The molecule has 262 valence electrons. The maximum atomic E-state index is 13.3. The molecule has 1 heterocycles. The van der Waals surface area contributed by atoms with E-state index in [4.69, 9.17) is 23.7 Å². The third-order valence-corrected chi connectivity index (χ3v) is 9.44. The van der Waals surface area contributed by atoms with Gasteiger partial charge in [0, 0.05) is 38.2 Å². The Bertz CT molecular complexity index is 1340. The molecule has 0 spiro atoms. The molecule has 0 radical (unpaired) electrons. The fourth-order valence-electron chi connectivity index (χ4n) is 6.85. The standard InChI is InChI=1S/C34H48O13/c1-9-14-23(37)43-22-17-32(7,47-21(6)36)26-25(29-34(22,42)33(8,41)31(40)46-29)20(5)27(45-30(39)18(3)10-2)28(26)44-24(38)16-13-11-12-15-19(4)35/h10,22,26-29,41-42H,9,11-17H2,1-8H3/b18-10-/t22-,26+,27-,28-,29-,32-,33+,34+/m0/s1. The van der Waals surface area contributed by atoms with Crippen LogP contribution in [0.1, 0.15) is 107 Å². The molecule has 0 aromatic rings. The van der Waals surface area contributed by atoms with Crippen molar-refractivity contribution in [1.29, 1.82) is 0 Å². The molecule has 2 N–H and O–H groups in total. The summed E-state index contributed by atoms with van der Waals surface area (Å²) in [7, 11) is 0. The first-order chi connectivity index (χ1) is 21.8. The SMILES string of the molecule is C/C=C(/C)C(=O)O[C@H]1C(C)=C2[C@H]([C@@H]1OC(=O)CCCCCC(C)=O)[C@@](C)(OC(C)=O)C[C@H](OC(=O)CCC)[C@@]1(O)[C@H]2OC(=O)[C@@]1(C)O. The monoisotopic (exact) mass is 664 g/mol. The molecule has 0 unspecified atom stereocenters. The summed E-state index contributed by atoms with van der Waals surface area (Å²) in [5, 5.41) is 23.8. The van der Waals surface area contributed by atoms with Crippen molar-refractivity contribution in [2.24, 2.45) is 5.92 Å². The molecule has 47 heavy (non-hydrogen) atoms. The van der Waals surface area contributed by atoms with Crippen molar-refractivity contribution in [3.05, 3.63) is 22.8 Å². The number of ketones is 1. The first kappa shape index (κ1) is 37.9. The summed E-state index contributed by atoms with van der Waals surface area (Å²) in [4.78, 5) is 76.4. The minimum atomic E-state index is -2.60. The summed E-state index contributed by atoms with van der Waals surface area (Å²) in [5.41, 5.74) is -6.32. The topological polar surface area (TPSA) is 189 Å². The number of ether oxygens (including phenoxy) is 5. The fourth-order valence-corrected chi connectivity index (χ4v) is 6.85. The number of hydrogen-bond acceptors (Lipinski definition) is 13. The quantitative estimate of drug-likeness (QED) is 0.0962. The predicted octanol–water partition coefficient (Wildman–Crippen LogP) is 3.11. The molecule has 2 fully saturated rings. The molecule has 0 bridgehead atoms. The maximum absolute atomic E-state index is 13.3. The van der Waals surface area contributed by atoms with Gasteiger partial charge in [-0.05, 0) is 72.0 Å². The minimum absolute atomic E-state index is 0.0389. The van der Waals surface area contributed by atoms with Gasteiger partial charge in [0.1, 0.15) is 17.5 Å². The Balaban J connectivity index is 2.20. The summed E-state index contributed by atoms with van der Waals surface area (Å²) in [5.74, 6) is -5.23. The molecule has 0 amide bonds. The van der Waals surface area contributed by atoms with E-state index in [9.17, 15) is 39.0 Å². The van der Waals surface area contributed by atoms with E-state index in [0.29, 0.717) is 32.1 Å². The van der Waals surface area contributed by atoms with Gasteiger partial charge in [-0.25, -0.2) is 9.59 Å². The molecule has 3 aliphatic rings. The van der Waals surface area contributed by atoms with Crippen molar-refractivity contribution < 1.29 is 62.7 Å². The van der Waals surface area contributed by atoms with Gasteiger partial charge in [0.05, 0.1) is 5.92 Å². The van der Waals surface area contributed by atoms with Gasteiger partial charge in [-0.1, -0.05) is 19.4 Å². The van der Waals surface area contributed by atoms with E-state index < -0.39 is 83.4 Å². The van der Waals surface area contributed by atoms with Gasteiger partial charge < -0.3 is 38.7 Å². The molecule has 1 aliphatic heterocycles. The van der Waals surface area contributed by atoms with E-state index in [2.05, 4.69) is 0 Å². The van der Waals surface area contributed by atoms with Crippen LogP contribution in [0.3, 0.4) is 0 Å². The Hall–Kier alpha value is -3.58. The van der Waals surface area contributed by atoms with Gasteiger partial charge in [0.2, 0.25) is 0 Å². The number of fused-ring (bicyclic) bond motifs is 3. The highest BCUT2D eigenvalue weighted by molar-refractivity contribution is 5.88. The average molecular weight is 665 g/mol. The molecule has 8 atom stereocenters. The molecular formula is C34H48O13. The van der Waals surface area contributed by atoms with Gasteiger partial charge in [0.25, 0.3) is 0 Å². The van der Waals surface area contributed by atoms with Crippen LogP contribution >= 0.6 is 0 Å². The molecule has 13 nitrogen and oxygen atoms in total. The Kier molecular flexibility index (Phi) is 11.8. The van der Waals surface area contributed by atoms with Crippen molar-refractivity contribution in [3.63, 3.8) is 0 Å². The first-order valence-electron chi connectivity index (χ1n) is 16.1. The average Bonchev–Trinajstić information content (AvgIpc) is 3.30. The molecular weight excluding hydrogens is 616 g/mol. The molecule has 1 saturated carbocycles. The number of carbonyl (C=O) groups excluding carboxylic acids is 6. The van der Waals surface area contributed by atoms with Gasteiger partial charge in [0.15, 0.2) is 29.5 Å². The zero-order valence-corrected chi connectivity index (χ0v) is 28.5. The van der Waals surface area contributed by atoms with Crippen molar-refractivity contribution in [2.45, 2.75) is 148 Å². The van der Waals surface area contributed by atoms with Gasteiger partial charge in [-0.2, -0.15) is 0 Å². The van der Waals surface area contributed by atoms with Crippen LogP contribution in [-0.4, -0.2) is 87.1 Å². The molecule has 0 aromatic carbocycles. The molecule has 13 heteroatoms. The number of carbonyl (C=O) groups is 6. The minimum Gasteiger partial charge on any atom is -0.459 e. The van der Waals surface area contributed by atoms with E-state index >= 15 is 0 Å². The number of unbranched alkanes of at least 4 members (excludes halogenated alkanes) is 2. The second-order valence-corrected chi connectivity index (χ2v) is 13.2. The summed E-state index contributed by atoms with van der Waals surface area (Å²) in [6, 6.07) is 0. The lowest BCUT2D eigenvalue weighted by molar-refractivity contribution is -0.212. The number of allylic oxidation sites excluding steroid dienone is 1. The number of esters is 5. The normalized spacial score (nSPS) is 33.3. The van der Waals surface area contributed by atoms with Gasteiger partial charge in [-0.3, -0.25) is 14.4 Å². The van der Waals surface area contributed by atoms with Crippen LogP contribution in [0, 0.1) is 5.92 Å². The van der Waals surface area contributed by atoms with Crippen LogP contribution in [0.5, 0.6) is 0 Å². The second kappa shape index (κ2) is 14.7. The third kappa shape index (κ3) is 7.45. The lowest BCUT2D eigenvalue weighted by atomic mass is 9.75. The number of Topliss-reactive ketones (excluding diaryl/α,β-unsaturated/α-hetero) is 1. The van der Waals surface area contributed by atoms with Crippen LogP contribution < -0.4 is 0 Å². The largest absolute Gasteiger partial charge is 0.459 e.